The van der Waals surface area contributed by atoms with E-state index in [1.807, 2.05) is 20.8 Å². The summed E-state index contributed by atoms with van der Waals surface area (Å²) >= 11 is 0. The van der Waals surface area contributed by atoms with E-state index >= 15 is 0 Å². The zero-order valence-corrected chi connectivity index (χ0v) is 13.9. The number of nitrogens with zero attached hydrogens (tertiary/aromatic N) is 2. The number of ether oxygens (including phenoxy) is 2. The summed E-state index contributed by atoms with van der Waals surface area (Å²) in [6.45, 7) is 8.26. The number of hydrogen-bond acceptors (Lipinski definition) is 6. The van der Waals surface area contributed by atoms with Crippen molar-refractivity contribution in [1.29, 1.82) is 0 Å². The number of hydrogen-bond donors (Lipinski definition) is 1. The summed E-state index contributed by atoms with van der Waals surface area (Å²) < 4.78 is 10.2. The predicted octanol–water partition coefficient (Wildman–Crippen LogP) is 1.33. The van der Waals surface area contributed by atoms with Crippen LogP contribution in [0.1, 0.15) is 27.7 Å². The Morgan fingerprint density at radius 3 is 2.41 bits per heavy atom. The molecule has 0 radical (unpaired) electrons. The van der Waals surface area contributed by atoms with Crippen molar-refractivity contribution in [3.63, 3.8) is 0 Å². The Bertz CT molecular complexity index is 486. The molecule has 0 spiro atoms. The third-order valence-corrected chi connectivity index (χ3v) is 3.04. The Balaban J connectivity index is 2.71. The van der Waals surface area contributed by atoms with E-state index in [4.69, 9.17) is 15.2 Å². The van der Waals surface area contributed by atoms with Gasteiger partial charge >= 0.3 is 12.1 Å². The topological polar surface area (TPSA) is 94.2 Å². The molecule has 1 saturated heterocycles. The second-order valence-electron chi connectivity index (χ2n) is 6.06. The lowest BCUT2D eigenvalue weighted by molar-refractivity contribution is -0.137. The SMILES string of the molecule is CCOC(=O)C(C=NC)=C(N)C1CN(C(=O)OC(C)(C)C)C1. The molecule has 1 aliphatic rings. The molecular weight excluding hydrogens is 286 g/mol. The average Bonchev–Trinajstić information content (AvgIpc) is 2.31. The van der Waals surface area contributed by atoms with Gasteiger partial charge in [-0.15, -0.1) is 0 Å². The first-order chi connectivity index (χ1) is 10.2. The molecule has 0 unspecified atom stereocenters. The lowest BCUT2D eigenvalue weighted by Gasteiger charge is -2.40. The maximum Gasteiger partial charge on any atom is 0.410 e. The normalized spacial score (nSPS) is 17.0. The Hall–Kier alpha value is -2.05. The standard InChI is InChI=1S/C15H25N3O4/c1-6-21-13(19)11(7-17-5)12(16)10-8-18(9-10)14(20)22-15(2,3)4/h7,10H,6,8-9,16H2,1-5H3. The van der Waals surface area contributed by atoms with E-state index in [0.29, 0.717) is 18.8 Å². The number of likely N-dealkylation sites (tertiary alicyclic amines) is 1. The summed E-state index contributed by atoms with van der Waals surface area (Å²) in [5.41, 5.74) is 6.15. The minimum atomic E-state index is -0.533. The Labute approximate surface area is 131 Å². The van der Waals surface area contributed by atoms with Gasteiger partial charge in [-0.2, -0.15) is 0 Å². The van der Waals surface area contributed by atoms with Gasteiger partial charge in [0.25, 0.3) is 0 Å². The van der Waals surface area contributed by atoms with Crippen LogP contribution in [0.4, 0.5) is 4.79 Å². The molecule has 22 heavy (non-hydrogen) atoms. The molecule has 0 aromatic rings. The molecule has 1 amide bonds. The van der Waals surface area contributed by atoms with Gasteiger partial charge in [-0.3, -0.25) is 4.99 Å². The van der Waals surface area contributed by atoms with Crippen LogP contribution in [-0.2, 0) is 14.3 Å². The summed E-state index contributed by atoms with van der Waals surface area (Å²) in [6.07, 6.45) is 1.02. The van der Waals surface area contributed by atoms with E-state index in [0.717, 1.165) is 0 Å². The second kappa shape index (κ2) is 7.29. The van der Waals surface area contributed by atoms with Gasteiger partial charge in [0.05, 0.1) is 12.2 Å². The molecule has 1 fully saturated rings. The van der Waals surface area contributed by atoms with Crippen molar-refractivity contribution in [3.05, 3.63) is 11.3 Å². The van der Waals surface area contributed by atoms with Gasteiger partial charge in [-0.05, 0) is 27.7 Å². The highest BCUT2D eigenvalue weighted by Gasteiger charge is 2.36. The molecule has 124 valence electrons. The molecule has 0 saturated carbocycles. The maximum atomic E-state index is 11.9. The van der Waals surface area contributed by atoms with Crippen LogP contribution in [0.25, 0.3) is 0 Å². The zero-order chi connectivity index (χ0) is 16.9. The van der Waals surface area contributed by atoms with Gasteiger partial charge in [-0.1, -0.05) is 0 Å². The fourth-order valence-electron chi connectivity index (χ4n) is 1.95. The molecule has 1 rings (SSSR count). The molecule has 0 aliphatic carbocycles. The van der Waals surface area contributed by atoms with Crippen LogP contribution < -0.4 is 5.73 Å². The van der Waals surface area contributed by atoms with E-state index in [2.05, 4.69) is 4.99 Å². The van der Waals surface area contributed by atoms with E-state index in [9.17, 15) is 9.59 Å². The fourth-order valence-corrected chi connectivity index (χ4v) is 1.95. The average molecular weight is 311 g/mol. The third kappa shape index (κ3) is 4.75. The Kier molecular flexibility index (Phi) is 5.96. The van der Waals surface area contributed by atoms with E-state index < -0.39 is 11.6 Å². The molecular formula is C15H25N3O4. The van der Waals surface area contributed by atoms with E-state index in [1.54, 1.807) is 18.9 Å². The molecule has 0 aromatic heterocycles. The molecule has 2 N–H and O–H groups in total. The summed E-state index contributed by atoms with van der Waals surface area (Å²) in [4.78, 5) is 29.1. The van der Waals surface area contributed by atoms with Crippen LogP contribution in [0, 0.1) is 5.92 Å². The molecule has 7 heteroatoms. The van der Waals surface area contributed by atoms with E-state index in [-0.39, 0.29) is 24.2 Å². The number of carbonyl (C=O) groups is 2. The molecule has 0 aromatic carbocycles. The summed E-state index contributed by atoms with van der Waals surface area (Å²) in [7, 11) is 1.56. The quantitative estimate of drug-likeness (QED) is 0.480. The van der Waals surface area contributed by atoms with E-state index in [1.165, 1.54) is 6.21 Å². The monoisotopic (exact) mass is 311 g/mol. The van der Waals surface area contributed by atoms with Crippen molar-refractivity contribution in [1.82, 2.24) is 4.90 Å². The third-order valence-electron chi connectivity index (χ3n) is 3.04. The van der Waals surface area contributed by atoms with Gasteiger partial charge in [0.15, 0.2) is 0 Å². The van der Waals surface area contributed by atoms with Gasteiger partial charge in [0.2, 0.25) is 0 Å². The fraction of sp³-hybridized carbons (Fsp3) is 0.667. The van der Waals surface area contributed by atoms with Crippen LogP contribution in [-0.4, -0.2) is 55.5 Å². The van der Waals surface area contributed by atoms with Gasteiger partial charge in [0, 0.05) is 38.0 Å². The van der Waals surface area contributed by atoms with Crippen LogP contribution in [0.15, 0.2) is 16.3 Å². The maximum absolute atomic E-state index is 11.9. The van der Waals surface area contributed by atoms with Crippen molar-refractivity contribution in [3.8, 4) is 0 Å². The van der Waals surface area contributed by atoms with Gasteiger partial charge < -0.3 is 20.1 Å². The van der Waals surface area contributed by atoms with Crippen LogP contribution in [0.2, 0.25) is 0 Å². The first-order valence-corrected chi connectivity index (χ1v) is 7.26. The summed E-state index contributed by atoms with van der Waals surface area (Å²) in [5.74, 6) is -0.591. The molecule has 0 bridgehead atoms. The first kappa shape index (κ1) is 18.0. The van der Waals surface area contributed by atoms with Crippen LogP contribution >= 0.6 is 0 Å². The van der Waals surface area contributed by atoms with Gasteiger partial charge in [-0.25, -0.2) is 9.59 Å². The Morgan fingerprint density at radius 2 is 1.95 bits per heavy atom. The summed E-state index contributed by atoms with van der Waals surface area (Å²) in [5, 5.41) is 0. The van der Waals surface area contributed by atoms with Crippen molar-refractivity contribution in [2.75, 3.05) is 26.7 Å². The van der Waals surface area contributed by atoms with Crippen molar-refractivity contribution < 1.29 is 19.1 Å². The number of amides is 1. The number of rotatable bonds is 4. The number of aliphatic imine (C=N–C) groups is 1. The summed E-state index contributed by atoms with van der Waals surface area (Å²) in [6, 6.07) is 0. The zero-order valence-electron chi connectivity index (χ0n) is 13.9. The van der Waals surface area contributed by atoms with Crippen LogP contribution in [0.3, 0.4) is 0 Å². The highest BCUT2D eigenvalue weighted by molar-refractivity contribution is 6.10. The molecule has 7 nitrogen and oxygen atoms in total. The largest absolute Gasteiger partial charge is 0.462 e. The van der Waals surface area contributed by atoms with Crippen molar-refractivity contribution >= 4 is 18.3 Å². The lowest BCUT2D eigenvalue weighted by Crippen LogP contribution is -2.53. The van der Waals surface area contributed by atoms with Crippen LogP contribution in [0.5, 0.6) is 0 Å². The lowest BCUT2D eigenvalue weighted by atomic mass is 9.94. The minimum absolute atomic E-state index is 0.0927. The molecule has 0 atom stereocenters. The molecule has 1 aliphatic heterocycles. The first-order valence-electron chi connectivity index (χ1n) is 7.26. The van der Waals surface area contributed by atoms with Crippen molar-refractivity contribution in [2.24, 2.45) is 16.6 Å². The minimum Gasteiger partial charge on any atom is -0.462 e. The number of nitrogens with two attached hydrogens (primary N) is 1. The number of esters is 1. The second-order valence-corrected chi connectivity index (χ2v) is 6.06. The molecule has 1 heterocycles. The highest BCUT2D eigenvalue weighted by atomic mass is 16.6. The predicted molar refractivity (Wildman–Crippen MR) is 83.6 cm³/mol. The van der Waals surface area contributed by atoms with Crippen molar-refractivity contribution in [2.45, 2.75) is 33.3 Å². The highest BCUT2D eigenvalue weighted by Crippen LogP contribution is 2.24. The Morgan fingerprint density at radius 1 is 1.36 bits per heavy atom. The smallest absolute Gasteiger partial charge is 0.410 e. The number of carbonyl (C=O) groups excluding carboxylic acids is 2. The van der Waals surface area contributed by atoms with Gasteiger partial charge in [0.1, 0.15) is 5.60 Å².